The number of rotatable bonds is 7. The molecule has 26 heavy (non-hydrogen) atoms. The van der Waals surface area contributed by atoms with E-state index in [1.807, 2.05) is 60.7 Å². The lowest BCUT2D eigenvalue weighted by atomic mass is 9.99. The Morgan fingerprint density at radius 1 is 0.808 bits per heavy atom. The Morgan fingerprint density at radius 2 is 1.31 bits per heavy atom. The zero-order chi connectivity index (χ0) is 18.4. The Balaban J connectivity index is 1.71. The monoisotopic (exact) mass is 422 g/mol. The molecule has 0 saturated carbocycles. The van der Waals surface area contributed by atoms with Gasteiger partial charge in [-0.25, -0.2) is 0 Å². The van der Waals surface area contributed by atoms with E-state index in [9.17, 15) is 10.2 Å². The van der Waals surface area contributed by atoms with Gasteiger partial charge in [0.2, 0.25) is 0 Å². The minimum absolute atomic E-state index is 0.315. The van der Waals surface area contributed by atoms with Crippen molar-refractivity contribution in [1.82, 2.24) is 0 Å². The van der Waals surface area contributed by atoms with E-state index in [1.54, 1.807) is 0 Å². The van der Waals surface area contributed by atoms with Crippen LogP contribution in [-0.4, -0.2) is 46.2 Å². The molecule has 0 aliphatic carbocycles. The van der Waals surface area contributed by atoms with Crippen LogP contribution in [-0.2, 0) is 27.4 Å². The van der Waals surface area contributed by atoms with Gasteiger partial charge >= 0.3 is 0 Å². The summed E-state index contributed by atoms with van der Waals surface area (Å²) in [7, 11) is 0. The van der Waals surface area contributed by atoms with Gasteiger partial charge < -0.3 is 24.4 Å². The van der Waals surface area contributed by atoms with Crippen molar-refractivity contribution in [3.8, 4) is 0 Å². The third kappa shape index (κ3) is 4.91. The van der Waals surface area contributed by atoms with Crippen LogP contribution in [0.4, 0.5) is 0 Å². The van der Waals surface area contributed by atoms with Crippen LogP contribution in [0, 0.1) is 0 Å². The summed E-state index contributed by atoms with van der Waals surface area (Å²) < 4.78 is 17.5. The molecule has 1 fully saturated rings. The van der Waals surface area contributed by atoms with Crippen molar-refractivity contribution in [3.05, 3.63) is 71.8 Å². The van der Waals surface area contributed by atoms with E-state index in [4.69, 9.17) is 14.2 Å². The number of ether oxygens (including phenoxy) is 3. The second-order valence-corrected chi connectivity index (χ2v) is 6.88. The second-order valence-electron chi connectivity index (χ2n) is 6.23. The van der Waals surface area contributed by atoms with E-state index in [0.29, 0.717) is 18.5 Å². The number of benzene rings is 2. The minimum atomic E-state index is -1.31. The topological polar surface area (TPSA) is 68.2 Å². The molecular weight excluding hydrogens is 400 g/mol. The van der Waals surface area contributed by atoms with Crippen molar-refractivity contribution in [2.45, 2.75) is 43.9 Å². The smallest absolute Gasteiger partial charge is 0.184 e. The molecule has 0 unspecified atom stereocenters. The second kappa shape index (κ2) is 9.60. The van der Waals surface area contributed by atoms with Crippen LogP contribution in [0.3, 0.4) is 0 Å². The van der Waals surface area contributed by atoms with Crippen molar-refractivity contribution >= 4 is 15.9 Å². The van der Waals surface area contributed by atoms with Crippen molar-refractivity contribution in [3.63, 3.8) is 0 Å². The van der Waals surface area contributed by atoms with Gasteiger partial charge in [-0.15, -0.1) is 0 Å². The van der Waals surface area contributed by atoms with Gasteiger partial charge in [0, 0.05) is 5.33 Å². The first-order valence-electron chi connectivity index (χ1n) is 8.57. The summed E-state index contributed by atoms with van der Waals surface area (Å²) in [6.45, 7) is 0.682. The average molecular weight is 423 g/mol. The predicted octanol–water partition coefficient (Wildman–Crippen LogP) is 2.63. The van der Waals surface area contributed by atoms with Gasteiger partial charge in [-0.05, 0) is 11.1 Å². The Morgan fingerprint density at radius 3 is 1.81 bits per heavy atom. The maximum Gasteiger partial charge on any atom is 0.184 e. The summed E-state index contributed by atoms with van der Waals surface area (Å²) in [5.41, 5.74) is 2.00. The number of hydrogen-bond acceptors (Lipinski definition) is 5. The van der Waals surface area contributed by atoms with E-state index < -0.39 is 30.7 Å². The van der Waals surface area contributed by atoms with Gasteiger partial charge in [0.05, 0.1) is 19.3 Å². The molecule has 1 heterocycles. The molecule has 1 aliphatic rings. The largest absolute Gasteiger partial charge is 0.385 e. The zero-order valence-corrected chi connectivity index (χ0v) is 15.9. The summed E-state index contributed by atoms with van der Waals surface area (Å²) in [6.07, 6.45) is -4.15. The van der Waals surface area contributed by atoms with Gasteiger partial charge in [0.15, 0.2) is 6.29 Å². The summed E-state index contributed by atoms with van der Waals surface area (Å²) in [5.74, 6) is 0. The number of aliphatic hydroxyl groups excluding tert-OH is 2. The van der Waals surface area contributed by atoms with Crippen molar-refractivity contribution in [2.24, 2.45) is 0 Å². The van der Waals surface area contributed by atoms with Crippen molar-refractivity contribution < 1.29 is 24.4 Å². The third-order valence-corrected chi connectivity index (χ3v) is 4.99. The molecule has 2 N–H and O–H groups in total. The molecule has 5 atom stereocenters. The summed E-state index contributed by atoms with van der Waals surface area (Å²) in [5, 5.41) is 20.9. The highest BCUT2D eigenvalue weighted by atomic mass is 79.9. The molecule has 1 saturated heterocycles. The van der Waals surface area contributed by atoms with Crippen LogP contribution in [0.5, 0.6) is 0 Å². The van der Waals surface area contributed by atoms with Crippen molar-refractivity contribution in [2.75, 3.05) is 5.33 Å². The van der Waals surface area contributed by atoms with E-state index in [1.165, 1.54) is 0 Å². The fraction of sp³-hybridized carbons (Fsp3) is 0.400. The van der Waals surface area contributed by atoms with Crippen LogP contribution >= 0.6 is 15.9 Å². The molecule has 3 rings (SSSR count). The predicted molar refractivity (Wildman–Crippen MR) is 101 cm³/mol. The number of halogens is 1. The highest BCUT2D eigenvalue weighted by Gasteiger charge is 2.45. The fourth-order valence-corrected chi connectivity index (χ4v) is 3.48. The average Bonchev–Trinajstić information content (AvgIpc) is 2.69. The molecular formula is C20H23BrO5. The van der Waals surface area contributed by atoms with Gasteiger partial charge in [-0.2, -0.15) is 0 Å². The molecule has 0 bridgehead atoms. The molecule has 6 heteroatoms. The van der Waals surface area contributed by atoms with E-state index in [0.717, 1.165) is 11.1 Å². The van der Waals surface area contributed by atoms with E-state index in [2.05, 4.69) is 15.9 Å². The molecule has 1 aliphatic heterocycles. The van der Waals surface area contributed by atoms with Gasteiger partial charge in [-0.1, -0.05) is 76.6 Å². The standard InChI is InChI=1S/C20H23BrO5/c21-11-16-18(24-12-14-7-3-1-4-8-14)19(17(22)20(23)26-16)25-13-15-9-5-2-6-10-15/h1-10,16-20,22-23H,11-13H2/t16-,17-,18-,19-,20+/m1/s1. The maximum absolute atomic E-state index is 10.4. The Labute approximate surface area is 161 Å². The number of alkyl halides is 1. The van der Waals surface area contributed by atoms with Crippen molar-refractivity contribution in [1.29, 1.82) is 0 Å². The summed E-state index contributed by atoms with van der Waals surface area (Å²) in [6, 6.07) is 19.5. The number of aliphatic hydroxyl groups is 2. The Bertz CT molecular complexity index is 610. The van der Waals surface area contributed by atoms with Crippen LogP contribution in [0.25, 0.3) is 0 Å². The van der Waals surface area contributed by atoms with Crippen LogP contribution in [0.1, 0.15) is 11.1 Å². The zero-order valence-electron chi connectivity index (χ0n) is 14.3. The highest BCUT2D eigenvalue weighted by Crippen LogP contribution is 2.27. The van der Waals surface area contributed by atoms with Gasteiger partial charge in [0.1, 0.15) is 18.3 Å². The third-order valence-electron chi connectivity index (χ3n) is 4.36. The van der Waals surface area contributed by atoms with Gasteiger partial charge in [-0.3, -0.25) is 0 Å². The first-order valence-corrected chi connectivity index (χ1v) is 9.70. The molecule has 0 amide bonds. The van der Waals surface area contributed by atoms with Crippen LogP contribution < -0.4 is 0 Å². The Kier molecular flexibility index (Phi) is 7.19. The molecule has 0 radical (unpaired) electrons. The highest BCUT2D eigenvalue weighted by molar-refractivity contribution is 9.09. The van der Waals surface area contributed by atoms with E-state index >= 15 is 0 Å². The number of hydrogen-bond donors (Lipinski definition) is 2. The SMILES string of the molecule is O[C@@H]1[C@@H](OCc2ccccc2)[C@H](OCc2ccccc2)[C@@H](CBr)O[C@@H]1O. The molecule has 0 aromatic heterocycles. The lowest BCUT2D eigenvalue weighted by molar-refractivity contribution is -0.295. The molecule has 2 aromatic rings. The maximum atomic E-state index is 10.4. The fourth-order valence-electron chi connectivity index (χ4n) is 2.96. The van der Waals surface area contributed by atoms with Crippen LogP contribution in [0.2, 0.25) is 0 Å². The lowest BCUT2D eigenvalue weighted by Crippen LogP contribution is -2.59. The normalized spacial score (nSPS) is 28.8. The quantitative estimate of drug-likeness (QED) is 0.671. The summed E-state index contributed by atoms with van der Waals surface area (Å²) in [4.78, 5) is 0. The molecule has 140 valence electrons. The first kappa shape index (κ1) is 19.5. The molecule has 2 aromatic carbocycles. The van der Waals surface area contributed by atoms with Gasteiger partial charge in [0.25, 0.3) is 0 Å². The Hall–Kier alpha value is -1.28. The first-order chi connectivity index (χ1) is 12.7. The van der Waals surface area contributed by atoms with Crippen LogP contribution in [0.15, 0.2) is 60.7 Å². The van der Waals surface area contributed by atoms with E-state index in [-0.39, 0.29) is 0 Å². The minimum Gasteiger partial charge on any atom is -0.385 e. The molecule has 0 spiro atoms. The lowest BCUT2D eigenvalue weighted by Gasteiger charge is -2.42. The summed E-state index contributed by atoms with van der Waals surface area (Å²) >= 11 is 3.40. The molecule has 5 nitrogen and oxygen atoms in total.